The number of fused-ring (bicyclic) bond motifs is 2. The first kappa shape index (κ1) is 18.6. The summed E-state index contributed by atoms with van der Waals surface area (Å²) in [5, 5.41) is 0. The SMILES string of the molecule is CCCC1CCN(CCCN2c3ccccc3CCc3ccccc32)CC1. The van der Waals surface area contributed by atoms with E-state index in [1.807, 2.05) is 0 Å². The third-order valence-electron chi connectivity index (χ3n) is 6.49. The van der Waals surface area contributed by atoms with Crippen LogP contribution in [0, 0.1) is 5.92 Å². The summed E-state index contributed by atoms with van der Waals surface area (Å²) in [6, 6.07) is 18.0. The van der Waals surface area contributed by atoms with E-state index < -0.39 is 0 Å². The first-order chi connectivity index (χ1) is 13.3. The maximum atomic E-state index is 2.70. The molecule has 2 aliphatic heterocycles. The standard InChI is InChI=1S/C25H34N2/c1-2-8-21-15-19-26(20-16-21)17-7-18-27-24-11-5-3-9-22(24)13-14-23-10-4-6-12-25(23)27/h3-6,9-12,21H,2,7-8,13-20H2,1H3. The molecule has 144 valence electrons. The van der Waals surface area contributed by atoms with Gasteiger partial charge < -0.3 is 9.80 Å². The van der Waals surface area contributed by atoms with Gasteiger partial charge in [0.15, 0.2) is 0 Å². The number of likely N-dealkylation sites (tertiary alicyclic amines) is 1. The number of piperidine rings is 1. The highest BCUT2D eigenvalue weighted by Gasteiger charge is 2.21. The van der Waals surface area contributed by atoms with Crippen molar-refractivity contribution in [2.24, 2.45) is 5.92 Å². The lowest BCUT2D eigenvalue weighted by atomic mass is 9.92. The van der Waals surface area contributed by atoms with Crippen LogP contribution in [-0.2, 0) is 12.8 Å². The van der Waals surface area contributed by atoms with Gasteiger partial charge in [-0.1, -0.05) is 56.2 Å². The molecule has 0 N–H and O–H groups in total. The Kier molecular flexibility index (Phi) is 6.14. The van der Waals surface area contributed by atoms with Gasteiger partial charge in [0.25, 0.3) is 0 Å². The molecule has 0 radical (unpaired) electrons. The second-order valence-corrected chi connectivity index (χ2v) is 8.34. The molecular formula is C25H34N2. The van der Waals surface area contributed by atoms with Crippen molar-refractivity contribution in [3.63, 3.8) is 0 Å². The summed E-state index contributed by atoms with van der Waals surface area (Å²) in [6.07, 6.45) is 9.12. The minimum absolute atomic E-state index is 0.982. The van der Waals surface area contributed by atoms with Crippen LogP contribution in [0.1, 0.15) is 50.2 Å². The second kappa shape index (κ2) is 8.93. The summed E-state index contributed by atoms with van der Waals surface area (Å²) in [5.41, 5.74) is 5.83. The van der Waals surface area contributed by atoms with Crippen molar-refractivity contribution in [1.82, 2.24) is 4.90 Å². The van der Waals surface area contributed by atoms with E-state index in [2.05, 4.69) is 65.3 Å². The van der Waals surface area contributed by atoms with E-state index >= 15 is 0 Å². The normalized spacial score (nSPS) is 18.0. The number of aryl methyl sites for hydroxylation is 2. The number of hydrogen-bond acceptors (Lipinski definition) is 2. The van der Waals surface area contributed by atoms with Crippen LogP contribution < -0.4 is 4.90 Å². The molecule has 0 amide bonds. The smallest absolute Gasteiger partial charge is 0.0443 e. The average molecular weight is 363 g/mol. The molecule has 0 saturated carbocycles. The summed E-state index contributed by atoms with van der Waals surface area (Å²) in [6.45, 7) is 7.28. The topological polar surface area (TPSA) is 6.48 Å². The minimum Gasteiger partial charge on any atom is -0.341 e. The van der Waals surface area contributed by atoms with E-state index in [1.165, 1.54) is 74.2 Å². The number of rotatable bonds is 6. The molecule has 4 rings (SSSR count). The Morgan fingerprint density at radius 2 is 1.41 bits per heavy atom. The molecule has 2 aromatic rings. The highest BCUT2D eigenvalue weighted by molar-refractivity contribution is 5.71. The fourth-order valence-corrected chi connectivity index (χ4v) is 4.97. The number of nitrogens with zero attached hydrogens (tertiary/aromatic N) is 2. The molecule has 0 bridgehead atoms. The fraction of sp³-hybridized carbons (Fsp3) is 0.520. The second-order valence-electron chi connectivity index (χ2n) is 8.34. The predicted molar refractivity (Wildman–Crippen MR) is 116 cm³/mol. The van der Waals surface area contributed by atoms with E-state index in [0.717, 1.165) is 25.3 Å². The van der Waals surface area contributed by atoms with Crippen molar-refractivity contribution < 1.29 is 0 Å². The molecule has 27 heavy (non-hydrogen) atoms. The quantitative estimate of drug-likeness (QED) is 0.638. The Labute approximate surface area is 165 Å². The van der Waals surface area contributed by atoms with E-state index in [4.69, 9.17) is 0 Å². The van der Waals surface area contributed by atoms with Gasteiger partial charge in [0.2, 0.25) is 0 Å². The molecule has 0 aliphatic carbocycles. The van der Waals surface area contributed by atoms with Crippen molar-refractivity contribution in [3.05, 3.63) is 59.7 Å². The van der Waals surface area contributed by atoms with Gasteiger partial charge in [-0.15, -0.1) is 0 Å². The number of para-hydroxylation sites is 2. The molecule has 2 heteroatoms. The molecule has 2 aromatic carbocycles. The summed E-state index contributed by atoms with van der Waals surface area (Å²) in [7, 11) is 0. The van der Waals surface area contributed by atoms with E-state index in [1.54, 1.807) is 0 Å². The summed E-state index contributed by atoms with van der Waals surface area (Å²) in [4.78, 5) is 5.28. The lowest BCUT2D eigenvalue weighted by molar-refractivity contribution is 0.178. The van der Waals surface area contributed by atoms with Crippen LogP contribution >= 0.6 is 0 Å². The fourth-order valence-electron chi connectivity index (χ4n) is 4.97. The Balaban J connectivity index is 1.41. The third kappa shape index (κ3) is 4.38. The van der Waals surface area contributed by atoms with Gasteiger partial charge in [0, 0.05) is 17.9 Å². The molecule has 2 aliphatic rings. The first-order valence-corrected chi connectivity index (χ1v) is 11.0. The highest BCUT2D eigenvalue weighted by atomic mass is 15.2. The molecular weight excluding hydrogens is 328 g/mol. The van der Waals surface area contributed by atoms with E-state index in [0.29, 0.717) is 0 Å². The van der Waals surface area contributed by atoms with Crippen molar-refractivity contribution in [3.8, 4) is 0 Å². The molecule has 0 unspecified atom stereocenters. The van der Waals surface area contributed by atoms with Crippen molar-refractivity contribution in [2.75, 3.05) is 31.1 Å². The lowest BCUT2D eigenvalue weighted by Crippen LogP contribution is -2.35. The lowest BCUT2D eigenvalue weighted by Gasteiger charge is -2.33. The monoisotopic (exact) mass is 362 g/mol. The minimum atomic E-state index is 0.982. The van der Waals surface area contributed by atoms with E-state index in [9.17, 15) is 0 Å². The molecule has 0 atom stereocenters. The van der Waals surface area contributed by atoms with Crippen LogP contribution in [0.4, 0.5) is 11.4 Å². The van der Waals surface area contributed by atoms with Gasteiger partial charge >= 0.3 is 0 Å². The predicted octanol–water partition coefficient (Wildman–Crippen LogP) is 5.83. The van der Waals surface area contributed by atoms with Gasteiger partial charge in [0.05, 0.1) is 0 Å². The Morgan fingerprint density at radius 1 is 0.815 bits per heavy atom. The van der Waals surface area contributed by atoms with Crippen LogP contribution in [0.3, 0.4) is 0 Å². The average Bonchev–Trinajstić information content (AvgIpc) is 2.87. The first-order valence-electron chi connectivity index (χ1n) is 11.0. The Morgan fingerprint density at radius 3 is 2.00 bits per heavy atom. The van der Waals surface area contributed by atoms with Gasteiger partial charge in [-0.25, -0.2) is 0 Å². The zero-order valence-corrected chi connectivity index (χ0v) is 16.9. The maximum absolute atomic E-state index is 2.70. The highest BCUT2D eigenvalue weighted by Crippen LogP contribution is 2.36. The van der Waals surface area contributed by atoms with Crippen molar-refractivity contribution >= 4 is 11.4 Å². The molecule has 2 heterocycles. The van der Waals surface area contributed by atoms with Crippen LogP contribution in [-0.4, -0.2) is 31.1 Å². The van der Waals surface area contributed by atoms with Gasteiger partial charge in [-0.3, -0.25) is 0 Å². The van der Waals surface area contributed by atoms with E-state index in [-0.39, 0.29) is 0 Å². The third-order valence-corrected chi connectivity index (χ3v) is 6.49. The van der Waals surface area contributed by atoms with Gasteiger partial charge in [0.1, 0.15) is 0 Å². The Hall–Kier alpha value is -1.80. The number of benzene rings is 2. The van der Waals surface area contributed by atoms with Gasteiger partial charge in [-0.2, -0.15) is 0 Å². The number of hydrogen-bond donors (Lipinski definition) is 0. The summed E-state index contributed by atoms with van der Waals surface area (Å²) < 4.78 is 0. The molecule has 1 fully saturated rings. The van der Waals surface area contributed by atoms with Crippen LogP contribution in [0.5, 0.6) is 0 Å². The largest absolute Gasteiger partial charge is 0.341 e. The zero-order valence-electron chi connectivity index (χ0n) is 16.9. The van der Waals surface area contributed by atoms with Crippen LogP contribution in [0.2, 0.25) is 0 Å². The zero-order chi connectivity index (χ0) is 18.5. The molecule has 2 nitrogen and oxygen atoms in total. The van der Waals surface area contributed by atoms with Crippen LogP contribution in [0.15, 0.2) is 48.5 Å². The summed E-state index contributed by atoms with van der Waals surface area (Å²) >= 11 is 0. The Bertz CT molecular complexity index is 683. The molecule has 0 aromatic heterocycles. The molecule has 0 spiro atoms. The summed E-state index contributed by atoms with van der Waals surface area (Å²) in [5.74, 6) is 0.982. The molecule has 1 saturated heterocycles. The maximum Gasteiger partial charge on any atom is 0.0443 e. The number of anilines is 2. The van der Waals surface area contributed by atoms with Crippen molar-refractivity contribution in [2.45, 2.75) is 51.9 Å². The van der Waals surface area contributed by atoms with Gasteiger partial charge in [-0.05, 0) is 80.9 Å². The van der Waals surface area contributed by atoms with Crippen molar-refractivity contribution in [1.29, 1.82) is 0 Å². The van der Waals surface area contributed by atoms with Crippen LogP contribution in [0.25, 0.3) is 0 Å².